The molecule has 0 heterocycles. The second-order valence-electron chi connectivity index (χ2n) is 5.79. The average Bonchev–Trinajstić information content (AvgIpc) is 2.53. The van der Waals surface area contributed by atoms with Crippen LogP contribution in [0, 0.1) is 20.8 Å². The van der Waals surface area contributed by atoms with Crippen molar-refractivity contribution >= 4 is 23.0 Å². The highest BCUT2D eigenvalue weighted by Crippen LogP contribution is 2.31. The first kappa shape index (κ1) is 15.5. The average molecular weight is 326 g/mol. The maximum Gasteiger partial charge on any atom is 0.250 e. The van der Waals surface area contributed by atoms with Crippen molar-refractivity contribution in [2.75, 3.05) is 5.32 Å². The van der Waals surface area contributed by atoms with E-state index in [9.17, 15) is 9.59 Å². The van der Waals surface area contributed by atoms with Gasteiger partial charge >= 0.3 is 0 Å². The highest BCUT2D eigenvalue weighted by atomic mass is 35.5. The van der Waals surface area contributed by atoms with Gasteiger partial charge in [0.1, 0.15) is 5.69 Å². The van der Waals surface area contributed by atoms with Crippen LogP contribution in [0.1, 0.15) is 16.7 Å². The zero-order chi connectivity index (χ0) is 16.7. The van der Waals surface area contributed by atoms with Crippen molar-refractivity contribution in [2.45, 2.75) is 20.8 Å². The Morgan fingerprint density at radius 2 is 1.43 bits per heavy atom. The third kappa shape index (κ3) is 2.68. The number of halogens is 1. The van der Waals surface area contributed by atoms with Crippen molar-refractivity contribution in [1.29, 1.82) is 0 Å². The molecule has 1 N–H and O–H groups in total. The number of hydrogen-bond donors (Lipinski definition) is 1. The molecular weight excluding hydrogens is 310 g/mol. The Morgan fingerprint density at radius 1 is 0.826 bits per heavy atom. The van der Waals surface area contributed by atoms with E-state index in [0.717, 1.165) is 27.9 Å². The minimum atomic E-state index is -0.479. The zero-order valence-electron chi connectivity index (χ0n) is 13.2. The van der Waals surface area contributed by atoms with E-state index in [1.54, 1.807) is 24.3 Å². The lowest BCUT2D eigenvalue weighted by Crippen LogP contribution is -2.35. The second kappa shape index (κ2) is 5.67. The van der Waals surface area contributed by atoms with Gasteiger partial charge in [0.15, 0.2) is 0 Å². The van der Waals surface area contributed by atoms with Gasteiger partial charge in [-0.2, -0.15) is 0 Å². The first-order valence-electron chi connectivity index (χ1n) is 7.32. The molecule has 0 saturated carbocycles. The Morgan fingerprint density at radius 3 is 2.09 bits per heavy atom. The molecule has 0 aliphatic carbocycles. The summed E-state index contributed by atoms with van der Waals surface area (Å²) in [6.07, 6.45) is 0. The van der Waals surface area contributed by atoms with Crippen molar-refractivity contribution < 1.29 is 0 Å². The molecule has 3 aromatic rings. The molecule has 0 atom stereocenters. The van der Waals surface area contributed by atoms with Gasteiger partial charge in [0.2, 0.25) is 5.43 Å². The van der Waals surface area contributed by atoms with E-state index in [1.807, 2.05) is 32.9 Å². The predicted molar refractivity (Wildman–Crippen MR) is 95.7 cm³/mol. The topological polar surface area (TPSA) is 46.2 Å². The fourth-order valence-corrected chi connectivity index (χ4v) is 2.80. The summed E-state index contributed by atoms with van der Waals surface area (Å²) < 4.78 is 0. The van der Waals surface area contributed by atoms with Crippen molar-refractivity contribution in [3.05, 3.63) is 78.6 Å². The highest BCUT2D eigenvalue weighted by Gasteiger charge is 2.24. The lowest BCUT2D eigenvalue weighted by atomic mass is 9.91. The molecule has 0 unspecified atom stereocenters. The summed E-state index contributed by atoms with van der Waals surface area (Å²) in [6, 6.07) is 11.0. The maximum absolute atomic E-state index is 12.1. The molecule has 4 heteroatoms. The van der Waals surface area contributed by atoms with E-state index in [-0.39, 0.29) is 0 Å². The van der Waals surface area contributed by atoms with Crippen molar-refractivity contribution in [1.82, 2.24) is 0 Å². The van der Waals surface area contributed by atoms with Gasteiger partial charge in [-0.15, -0.1) is 0 Å². The molecule has 116 valence electrons. The SMILES string of the molecule is Cc1cc(C)c(-c2c(Nc3ccc(Cl)cc3)c(=O)c2=O)cc1C. The van der Waals surface area contributed by atoms with Gasteiger partial charge in [-0.05, 0) is 67.3 Å². The van der Waals surface area contributed by atoms with Gasteiger partial charge in [0.25, 0.3) is 5.43 Å². The minimum absolute atomic E-state index is 0.351. The Bertz CT molecular complexity index is 964. The van der Waals surface area contributed by atoms with Crippen LogP contribution in [0.4, 0.5) is 11.4 Å². The Balaban J connectivity index is 2.07. The normalized spacial score (nSPS) is 11.0. The minimum Gasteiger partial charge on any atom is -0.352 e. The predicted octanol–water partition coefficient (Wildman–Crippen LogP) is 4.27. The van der Waals surface area contributed by atoms with Crippen LogP contribution in [0.5, 0.6) is 0 Å². The molecule has 0 saturated heterocycles. The smallest absolute Gasteiger partial charge is 0.250 e. The second-order valence-corrected chi connectivity index (χ2v) is 6.23. The van der Waals surface area contributed by atoms with Gasteiger partial charge in [-0.25, -0.2) is 0 Å². The molecule has 3 nitrogen and oxygen atoms in total. The van der Waals surface area contributed by atoms with Crippen LogP contribution in [0.25, 0.3) is 11.1 Å². The third-order valence-electron chi connectivity index (χ3n) is 4.13. The molecule has 0 aliphatic heterocycles. The summed E-state index contributed by atoms with van der Waals surface area (Å²) in [5.41, 5.74) is 4.68. The maximum atomic E-state index is 12.1. The van der Waals surface area contributed by atoms with Gasteiger partial charge in [-0.1, -0.05) is 23.7 Å². The molecule has 0 fully saturated rings. The van der Waals surface area contributed by atoms with E-state index in [0.29, 0.717) is 16.3 Å². The number of anilines is 2. The molecule has 0 amide bonds. The third-order valence-corrected chi connectivity index (χ3v) is 4.39. The highest BCUT2D eigenvalue weighted by molar-refractivity contribution is 6.30. The molecule has 3 rings (SSSR count). The summed E-state index contributed by atoms with van der Waals surface area (Å²) in [6.45, 7) is 5.97. The lowest BCUT2D eigenvalue weighted by Gasteiger charge is -2.16. The Kier molecular flexibility index (Phi) is 3.82. The van der Waals surface area contributed by atoms with Crippen molar-refractivity contribution in [3.63, 3.8) is 0 Å². The molecule has 0 radical (unpaired) electrons. The quantitative estimate of drug-likeness (QED) is 0.731. The van der Waals surface area contributed by atoms with Crippen LogP contribution in [-0.4, -0.2) is 0 Å². The largest absolute Gasteiger partial charge is 0.352 e. The molecule has 0 aromatic heterocycles. The standard InChI is InChI=1S/C19H16ClNO2/c1-10-8-12(3)15(9-11(10)2)16-17(19(23)18(16)22)21-14-6-4-13(20)5-7-14/h4-9,21H,1-3H3. The molecule has 3 aromatic carbocycles. The van der Waals surface area contributed by atoms with Crippen LogP contribution in [0.2, 0.25) is 5.02 Å². The summed E-state index contributed by atoms with van der Waals surface area (Å²) in [7, 11) is 0. The number of benzene rings is 2. The van der Waals surface area contributed by atoms with Gasteiger partial charge in [-0.3, -0.25) is 9.59 Å². The van der Waals surface area contributed by atoms with Crippen LogP contribution in [-0.2, 0) is 0 Å². The Hall–Kier alpha value is -2.39. The van der Waals surface area contributed by atoms with E-state index in [1.165, 1.54) is 0 Å². The van der Waals surface area contributed by atoms with Crippen molar-refractivity contribution in [2.24, 2.45) is 0 Å². The van der Waals surface area contributed by atoms with Gasteiger partial charge in [0.05, 0.1) is 5.56 Å². The summed E-state index contributed by atoms with van der Waals surface area (Å²) in [5.74, 6) is 0. The summed E-state index contributed by atoms with van der Waals surface area (Å²) >= 11 is 5.86. The van der Waals surface area contributed by atoms with Crippen molar-refractivity contribution in [3.8, 4) is 11.1 Å². The van der Waals surface area contributed by atoms with Crippen LogP contribution >= 0.6 is 11.6 Å². The molecule has 0 spiro atoms. The first-order valence-corrected chi connectivity index (χ1v) is 7.70. The Labute approximate surface area is 139 Å². The van der Waals surface area contributed by atoms with Gasteiger partial charge < -0.3 is 5.32 Å². The summed E-state index contributed by atoms with van der Waals surface area (Å²) in [5, 5.41) is 3.66. The number of hydrogen-bond acceptors (Lipinski definition) is 3. The monoisotopic (exact) mass is 325 g/mol. The van der Waals surface area contributed by atoms with Gasteiger partial charge in [0, 0.05) is 10.7 Å². The fraction of sp³-hybridized carbons (Fsp3) is 0.158. The van der Waals surface area contributed by atoms with E-state index >= 15 is 0 Å². The zero-order valence-corrected chi connectivity index (χ0v) is 13.9. The first-order chi connectivity index (χ1) is 10.9. The molecular formula is C19H16ClNO2. The van der Waals surface area contributed by atoms with E-state index in [2.05, 4.69) is 5.32 Å². The van der Waals surface area contributed by atoms with E-state index in [4.69, 9.17) is 11.6 Å². The van der Waals surface area contributed by atoms with Crippen LogP contribution in [0.3, 0.4) is 0 Å². The van der Waals surface area contributed by atoms with Crippen LogP contribution < -0.4 is 16.2 Å². The van der Waals surface area contributed by atoms with E-state index < -0.39 is 10.9 Å². The number of aryl methyl sites for hydroxylation is 3. The molecule has 23 heavy (non-hydrogen) atoms. The molecule has 0 aliphatic rings. The number of nitrogens with one attached hydrogen (secondary N) is 1. The number of rotatable bonds is 3. The lowest BCUT2D eigenvalue weighted by molar-refractivity contribution is 1.28. The molecule has 0 bridgehead atoms. The fourth-order valence-electron chi connectivity index (χ4n) is 2.68. The summed E-state index contributed by atoms with van der Waals surface area (Å²) in [4.78, 5) is 24.1. The van der Waals surface area contributed by atoms with Crippen LogP contribution in [0.15, 0.2) is 46.0 Å².